The van der Waals surface area contributed by atoms with Crippen LogP contribution >= 0.6 is 22.9 Å². The Morgan fingerprint density at radius 1 is 1.32 bits per heavy atom. The first-order chi connectivity index (χ1) is 16.3. The molecule has 2 aliphatic rings. The molecule has 2 aliphatic heterocycles. The van der Waals surface area contributed by atoms with E-state index in [0.717, 1.165) is 6.07 Å². The number of carbonyl (C=O) groups is 1. The zero-order chi connectivity index (χ0) is 24.4. The number of carbonyl (C=O) groups excluding carboxylic acids is 1. The Bertz CT molecular complexity index is 1220. The molecule has 13 heteroatoms. The summed E-state index contributed by atoms with van der Waals surface area (Å²) in [7, 11) is -2.70. The molecule has 0 aliphatic carbocycles. The van der Waals surface area contributed by atoms with Crippen LogP contribution in [0.4, 0.5) is 8.78 Å². The molecule has 1 aromatic heterocycles. The van der Waals surface area contributed by atoms with E-state index in [-0.39, 0.29) is 36.8 Å². The van der Waals surface area contributed by atoms with Crippen molar-refractivity contribution < 1.29 is 26.7 Å². The van der Waals surface area contributed by atoms with E-state index in [0.29, 0.717) is 29.4 Å². The van der Waals surface area contributed by atoms with Crippen LogP contribution < -0.4 is 5.32 Å². The molecule has 3 heterocycles. The van der Waals surface area contributed by atoms with Gasteiger partial charge in [-0.15, -0.1) is 11.3 Å². The van der Waals surface area contributed by atoms with E-state index in [1.807, 2.05) is 0 Å². The van der Waals surface area contributed by atoms with Crippen LogP contribution in [-0.2, 0) is 20.4 Å². The van der Waals surface area contributed by atoms with Crippen molar-refractivity contribution in [1.29, 1.82) is 0 Å². The molecule has 1 N–H and O–H groups in total. The topological polar surface area (TPSA) is 101 Å². The van der Waals surface area contributed by atoms with Gasteiger partial charge in [-0.1, -0.05) is 17.7 Å². The third-order valence-corrected chi connectivity index (χ3v) is 7.70. The summed E-state index contributed by atoms with van der Waals surface area (Å²) in [6, 6.07) is 1.15. The van der Waals surface area contributed by atoms with Gasteiger partial charge in [0.2, 0.25) is 10.9 Å². The van der Waals surface area contributed by atoms with Crippen LogP contribution in [0, 0.1) is 17.6 Å². The van der Waals surface area contributed by atoms with Crippen molar-refractivity contribution in [2.24, 2.45) is 10.9 Å². The lowest BCUT2D eigenvalue weighted by Crippen LogP contribution is -2.41. The summed E-state index contributed by atoms with van der Waals surface area (Å²) in [6.45, 7) is 2.31. The average molecular weight is 531 g/mol. The van der Waals surface area contributed by atoms with Gasteiger partial charge in [0.25, 0.3) is 0 Å². The monoisotopic (exact) mass is 530 g/mol. The lowest BCUT2D eigenvalue weighted by Gasteiger charge is -2.35. The molecule has 4 rings (SSSR count). The number of rotatable bonds is 6. The predicted octanol–water partition coefficient (Wildman–Crippen LogP) is 3.22. The van der Waals surface area contributed by atoms with E-state index < -0.39 is 39.6 Å². The number of amidine groups is 1. The molecule has 0 spiro atoms. The normalized spacial score (nSPS) is 19.8. The van der Waals surface area contributed by atoms with Crippen molar-refractivity contribution in [2.45, 2.75) is 25.8 Å². The molecule has 0 bridgehead atoms. The number of nitrogens with zero attached hydrogens (tertiary/aromatic N) is 3. The number of nitrogens with one attached hydrogen (secondary N) is 1. The van der Waals surface area contributed by atoms with Gasteiger partial charge in [-0.05, 0) is 25.8 Å². The SMILES string of the molecule is CCOC(=O)C1=C(C2CCN([SH](=O)=O)CC2)NC(c2nccs2)=N[C@@H]1c1ccc(F)c(F)c1Cl. The molecule has 8 nitrogen and oxygen atoms in total. The summed E-state index contributed by atoms with van der Waals surface area (Å²) in [5.41, 5.74) is 0.724. The Balaban J connectivity index is 1.86. The Kier molecular flexibility index (Phi) is 7.60. The summed E-state index contributed by atoms with van der Waals surface area (Å²) in [6.07, 6.45) is 2.48. The number of aliphatic imine (C=N–C) groups is 1. The van der Waals surface area contributed by atoms with Gasteiger partial charge in [0.05, 0.1) is 17.2 Å². The van der Waals surface area contributed by atoms with Gasteiger partial charge in [-0.25, -0.2) is 31.3 Å². The highest BCUT2D eigenvalue weighted by molar-refractivity contribution is 7.69. The lowest BCUT2D eigenvalue weighted by molar-refractivity contribution is -0.139. The maximum absolute atomic E-state index is 14.4. The van der Waals surface area contributed by atoms with Crippen LogP contribution in [0.5, 0.6) is 0 Å². The van der Waals surface area contributed by atoms with Crippen molar-refractivity contribution in [3.63, 3.8) is 0 Å². The number of thiol groups is 1. The van der Waals surface area contributed by atoms with Gasteiger partial charge in [0.1, 0.15) is 6.04 Å². The number of thiazole rings is 1. The number of hydrogen-bond acceptors (Lipinski definition) is 8. The first-order valence-electron chi connectivity index (χ1n) is 10.5. The first kappa shape index (κ1) is 24.7. The zero-order valence-corrected chi connectivity index (χ0v) is 20.4. The van der Waals surface area contributed by atoms with E-state index >= 15 is 0 Å². The fraction of sp³-hybridized carbons (Fsp3) is 0.381. The zero-order valence-electron chi connectivity index (χ0n) is 18.0. The van der Waals surface area contributed by atoms with E-state index in [2.05, 4.69) is 15.3 Å². The van der Waals surface area contributed by atoms with Crippen LogP contribution in [0.1, 0.15) is 36.4 Å². The van der Waals surface area contributed by atoms with Gasteiger partial charge < -0.3 is 10.1 Å². The van der Waals surface area contributed by atoms with E-state index in [1.54, 1.807) is 18.5 Å². The second-order valence-electron chi connectivity index (χ2n) is 7.62. The summed E-state index contributed by atoms with van der Waals surface area (Å²) in [5.74, 6) is -2.91. The predicted molar refractivity (Wildman–Crippen MR) is 124 cm³/mol. The van der Waals surface area contributed by atoms with E-state index in [1.165, 1.54) is 21.7 Å². The fourth-order valence-corrected chi connectivity index (χ4v) is 5.47. The Labute approximate surface area is 205 Å². The molecule has 0 saturated carbocycles. The Hall–Kier alpha value is -2.41. The molecule has 0 unspecified atom stereocenters. The average Bonchev–Trinajstić information content (AvgIpc) is 3.37. The first-order valence-corrected chi connectivity index (χ1v) is 12.9. The molecule has 0 amide bonds. The van der Waals surface area contributed by atoms with Crippen LogP contribution in [0.2, 0.25) is 5.02 Å². The number of benzene rings is 1. The summed E-state index contributed by atoms with van der Waals surface area (Å²) < 4.78 is 57.6. The number of allylic oxidation sites excluding steroid dienone is 1. The van der Waals surface area contributed by atoms with Crippen LogP contribution in [-0.4, -0.2) is 49.2 Å². The van der Waals surface area contributed by atoms with Crippen molar-refractivity contribution >= 4 is 45.6 Å². The molecule has 1 fully saturated rings. The summed E-state index contributed by atoms with van der Waals surface area (Å²) in [4.78, 5) is 22.0. The van der Waals surface area contributed by atoms with Crippen LogP contribution in [0.3, 0.4) is 0 Å². The lowest BCUT2D eigenvalue weighted by atomic mass is 9.86. The minimum absolute atomic E-state index is 0.0893. The smallest absolute Gasteiger partial charge is 0.338 e. The number of piperidine rings is 1. The van der Waals surface area contributed by atoms with Crippen molar-refractivity contribution in [2.75, 3.05) is 19.7 Å². The second kappa shape index (κ2) is 10.5. The molecule has 1 saturated heterocycles. The summed E-state index contributed by atoms with van der Waals surface area (Å²) >= 11 is 7.48. The van der Waals surface area contributed by atoms with Crippen molar-refractivity contribution in [3.8, 4) is 0 Å². The van der Waals surface area contributed by atoms with Crippen molar-refractivity contribution in [1.82, 2.24) is 14.6 Å². The minimum atomic E-state index is -2.70. The number of ether oxygens (including phenoxy) is 1. The fourth-order valence-electron chi connectivity index (χ4n) is 4.06. The maximum Gasteiger partial charge on any atom is 0.338 e. The molecular formula is C21H21ClF2N4O4S2. The standard InChI is InChI=1S/C21H21ClF2N4O4S2/c1-2-32-21(29)14-17(11-5-8-28(9-6-11)34(30)31)26-19(20-25-7-10-33-20)27-18(14)12-3-4-13(23)16(24)15(12)22/h3-4,7,10-11,18,34H,2,5-6,8-9H2,1H3,(H,26,27)/t18-/m1/s1. The van der Waals surface area contributed by atoms with E-state index in [9.17, 15) is 22.0 Å². The number of aromatic nitrogens is 1. The molecule has 34 heavy (non-hydrogen) atoms. The minimum Gasteiger partial charge on any atom is -0.463 e. The third kappa shape index (κ3) is 4.85. The Morgan fingerprint density at radius 2 is 2.06 bits per heavy atom. The van der Waals surface area contributed by atoms with E-state index in [4.69, 9.17) is 16.3 Å². The highest BCUT2D eigenvalue weighted by atomic mass is 35.5. The van der Waals surface area contributed by atoms with Gasteiger partial charge in [-0.3, -0.25) is 4.99 Å². The number of hydrogen-bond donors (Lipinski definition) is 2. The maximum atomic E-state index is 14.4. The molecule has 1 aromatic carbocycles. The quantitative estimate of drug-likeness (QED) is 0.338. The number of esters is 1. The van der Waals surface area contributed by atoms with Gasteiger partial charge in [-0.2, -0.15) is 0 Å². The largest absolute Gasteiger partial charge is 0.463 e. The Morgan fingerprint density at radius 3 is 2.68 bits per heavy atom. The molecule has 182 valence electrons. The number of halogens is 3. The highest BCUT2D eigenvalue weighted by Crippen LogP contribution is 2.40. The molecule has 0 radical (unpaired) electrons. The summed E-state index contributed by atoms with van der Waals surface area (Å²) in [5, 5.41) is 5.01. The molecule has 1 atom stereocenters. The molecule has 2 aromatic rings. The van der Waals surface area contributed by atoms with Gasteiger partial charge in [0.15, 0.2) is 22.5 Å². The van der Waals surface area contributed by atoms with Gasteiger partial charge >= 0.3 is 5.97 Å². The van der Waals surface area contributed by atoms with Crippen LogP contribution in [0.15, 0.2) is 40.0 Å². The van der Waals surface area contributed by atoms with Crippen LogP contribution in [0.25, 0.3) is 0 Å². The van der Waals surface area contributed by atoms with Gasteiger partial charge in [0, 0.05) is 41.8 Å². The molecular weight excluding hydrogens is 510 g/mol. The van der Waals surface area contributed by atoms with Crippen molar-refractivity contribution in [3.05, 3.63) is 62.2 Å². The second-order valence-corrected chi connectivity index (χ2v) is 9.93. The highest BCUT2D eigenvalue weighted by Gasteiger charge is 2.38. The third-order valence-electron chi connectivity index (χ3n) is 5.68.